The first-order valence-corrected chi connectivity index (χ1v) is 7.32. The lowest BCUT2D eigenvalue weighted by Gasteiger charge is -2.21. The Hall–Kier alpha value is -0.510. The van der Waals surface area contributed by atoms with Gasteiger partial charge in [0.2, 0.25) is 0 Å². The molecule has 0 spiro atoms. The van der Waals surface area contributed by atoms with Gasteiger partial charge in [0.25, 0.3) is 0 Å². The number of hydrogen-bond acceptors (Lipinski definition) is 3. The monoisotopic (exact) mass is 250 g/mol. The largest absolute Gasteiger partial charge is 0.327 e. The maximum atomic E-state index is 5.81. The van der Waals surface area contributed by atoms with E-state index in [1.165, 1.54) is 34.6 Å². The number of rotatable bonds is 4. The van der Waals surface area contributed by atoms with Crippen LogP contribution in [0.15, 0.2) is 23.1 Å². The number of hydrogen-bond donors (Lipinski definition) is 1. The number of benzene rings is 1. The fraction of sp³-hybridized carbons (Fsp3) is 0.571. The number of nitrogens with zero attached hydrogens (tertiary/aromatic N) is 1. The molecule has 1 aliphatic heterocycles. The number of aryl methyl sites for hydroxylation is 1. The van der Waals surface area contributed by atoms with E-state index in [4.69, 9.17) is 5.73 Å². The summed E-state index contributed by atoms with van der Waals surface area (Å²) in [6.07, 6.45) is 2.56. The molecule has 1 atom stereocenters. The summed E-state index contributed by atoms with van der Waals surface area (Å²) in [5.74, 6) is 1.27. The summed E-state index contributed by atoms with van der Waals surface area (Å²) < 4.78 is 0. The molecule has 0 aliphatic carbocycles. The smallest absolute Gasteiger partial charge is 0.0231 e. The average Bonchev–Trinajstić information content (AvgIpc) is 2.27. The van der Waals surface area contributed by atoms with E-state index < -0.39 is 0 Å². The van der Waals surface area contributed by atoms with E-state index in [0.29, 0.717) is 0 Å². The third-order valence-corrected chi connectivity index (χ3v) is 4.23. The normalized spacial score (nSPS) is 16.9. The van der Waals surface area contributed by atoms with Gasteiger partial charge in [0.05, 0.1) is 0 Å². The minimum Gasteiger partial charge on any atom is -0.327 e. The van der Waals surface area contributed by atoms with Crippen molar-refractivity contribution in [1.82, 2.24) is 4.90 Å². The lowest BCUT2D eigenvalue weighted by Crippen LogP contribution is -2.32. The molecular formula is C14H22N2S. The highest BCUT2D eigenvalue weighted by Crippen LogP contribution is 2.30. The molecule has 2 rings (SSSR count). The SMILES string of the molecule is CC(N)CN(C)Cc1ccc2c(c1)CCCS2. The summed E-state index contributed by atoms with van der Waals surface area (Å²) in [5, 5.41) is 0. The van der Waals surface area contributed by atoms with Crippen LogP contribution >= 0.6 is 11.8 Å². The first-order chi connectivity index (χ1) is 8.15. The van der Waals surface area contributed by atoms with E-state index in [-0.39, 0.29) is 6.04 Å². The summed E-state index contributed by atoms with van der Waals surface area (Å²) in [7, 11) is 2.14. The van der Waals surface area contributed by atoms with Crippen LogP contribution in [0.5, 0.6) is 0 Å². The van der Waals surface area contributed by atoms with Crippen LogP contribution in [0.1, 0.15) is 24.5 Å². The molecule has 1 aromatic rings. The van der Waals surface area contributed by atoms with Gasteiger partial charge < -0.3 is 10.6 Å². The lowest BCUT2D eigenvalue weighted by molar-refractivity contribution is 0.310. The van der Waals surface area contributed by atoms with E-state index in [1.54, 1.807) is 0 Å². The summed E-state index contributed by atoms with van der Waals surface area (Å²) in [4.78, 5) is 3.78. The predicted octanol–water partition coefficient (Wildman–Crippen LogP) is 2.50. The van der Waals surface area contributed by atoms with Crippen molar-refractivity contribution in [3.8, 4) is 0 Å². The van der Waals surface area contributed by atoms with Crippen molar-refractivity contribution in [2.75, 3.05) is 19.3 Å². The maximum absolute atomic E-state index is 5.81. The minimum absolute atomic E-state index is 0.244. The number of fused-ring (bicyclic) bond motifs is 1. The number of nitrogens with two attached hydrogens (primary N) is 1. The van der Waals surface area contributed by atoms with Gasteiger partial charge in [-0.1, -0.05) is 12.1 Å². The molecule has 17 heavy (non-hydrogen) atoms. The molecule has 0 amide bonds. The van der Waals surface area contributed by atoms with Crippen LogP contribution < -0.4 is 5.73 Å². The van der Waals surface area contributed by atoms with Gasteiger partial charge in [0.1, 0.15) is 0 Å². The Morgan fingerprint density at radius 1 is 1.47 bits per heavy atom. The van der Waals surface area contributed by atoms with Gasteiger partial charge in [0.15, 0.2) is 0 Å². The van der Waals surface area contributed by atoms with Crippen LogP contribution in [-0.2, 0) is 13.0 Å². The van der Waals surface area contributed by atoms with Crippen LogP contribution in [0.3, 0.4) is 0 Å². The van der Waals surface area contributed by atoms with Crippen molar-refractivity contribution >= 4 is 11.8 Å². The fourth-order valence-electron chi connectivity index (χ4n) is 2.38. The second kappa shape index (κ2) is 5.89. The van der Waals surface area contributed by atoms with E-state index >= 15 is 0 Å². The topological polar surface area (TPSA) is 29.3 Å². The van der Waals surface area contributed by atoms with Crippen molar-refractivity contribution in [3.63, 3.8) is 0 Å². The summed E-state index contributed by atoms with van der Waals surface area (Å²) in [5.41, 5.74) is 8.76. The first kappa shape index (κ1) is 12.9. The summed E-state index contributed by atoms with van der Waals surface area (Å²) in [6.45, 7) is 4.01. The minimum atomic E-state index is 0.244. The Kier molecular flexibility index (Phi) is 4.48. The Morgan fingerprint density at radius 3 is 3.06 bits per heavy atom. The van der Waals surface area contributed by atoms with Gasteiger partial charge in [0, 0.05) is 24.0 Å². The van der Waals surface area contributed by atoms with E-state index in [9.17, 15) is 0 Å². The van der Waals surface area contributed by atoms with E-state index in [1.807, 2.05) is 11.8 Å². The molecule has 94 valence electrons. The molecule has 0 saturated carbocycles. The molecule has 0 fully saturated rings. The van der Waals surface area contributed by atoms with Crippen LogP contribution in [0, 0.1) is 0 Å². The predicted molar refractivity (Wildman–Crippen MR) is 75.5 cm³/mol. The molecule has 0 aromatic heterocycles. The van der Waals surface area contributed by atoms with Crippen molar-refractivity contribution < 1.29 is 0 Å². The molecule has 1 aliphatic rings. The highest BCUT2D eigenvalue weighted by atomic mass is 32.2. The van der Waals surface area contributed by atoms with Crippen molar-refractivity contribution in [2.24, 2.45) is 5.73 Å². The van der Waals surface area contributed by atoms with Gasteiger partial charge in [-0.25, -0.2) is 0 Å². The van der Waals surface area contributed by atoms with Crippen molar-refractivity contribution in [1.29, 1.82) is 0 Å². The fourth-order valence-corrected chi connectivity index (χ4v) is 3.40. The van der Waals surface area contributed by atoms with Gasteiger partial charge in [-0.2, -0.15) is 0 Å². The number of thioether (sulfide) groups is 1. The van der Waals surface area contributed by atoms with E-state index in [0.717, 1.165) is 13.1 Å². The molecule has 1 heterocycles. The Morgan fingerprint density at radius 2 is 2.29 bits per heavy atom. The Bertz CT molecular complexity index is 376. The Balaban J connectivity index is 2.01. The highest BCUT2D eigenvalue weighted by molar-refractivity contribution is 7.99. The molecule has 3 heteroatoms. The molecule has 1 unspecified atom stereocenters. The van der Waals surface area contributed by atoms with Crippen LogP contribution in [0.4, 0.5) is 0 Å². The third-order valence-electron chi connectivity index (χ3n) is 3.03. The van der Waals surface area contributed by atoms with Gasteiger partial charge >= 0.3 is 0 Å². The maximum Gasteiger partial charge on any atom is 0.0231 e. The molecule has 1 aromatic carbocycles. The van der Waals surface area contributed by atoms with Crippen LogP contribution in [0.2, 0.25) is 0 Å². The molecule has 0 radical (unpaired) electrons. The van der Waals surface area contributed by atoms with Crippen molar-refractivity contribution in [3.05, 3.63) is 29.3 Å². The average molecular weight is 250 g/mol. The lowest BCUT2D eigenvalue weighted by atomic mass is 10.1. The first-order valence-electron chi connectivity index (χ1n) is 6.34. The van der Waals surface area contributed by atoms with E-state index in [2.05, 4.69) is 37.1 Å². The van der Waals surface area contributed by atoms with Crippen LogP contribution in [-0.4, -0.2) is 30.3 Å². The second-order valence-electron chi connectivity index (χ2n) is 5.07. The zero-order chi connectivity index (χ0) is 12.3. The zero-order valence-corrected chi connectivity index (χ0v) is 11.6. The molecular weight excluding hydrogens is 228 g/mol. The Labute approximate surface area is 109 Å². The molecule has 2 nitrogen and oxygen atoms in total. The van der Waals surface area contributed by atoms with Crippen molar-refractivity contribution in [2.45, 2.75) is 37.2 Å². The standard InChI is InChI=1S/C14H22N2S/c1-11(15)9-16(2)10-12-5-6-14-13(8-12)4-3-7-17-14/h5-6,8,11H,3-4,7,9-10,15H2,1-2H3. The molecule has 0 saturated heterocycles. The molecule has 0 bridgehead atoms. The van der Waals surface area contributed by atoms with Gasteiger partial charge in [-0.05, 0) is 49.8 Å². The third kappa shape index (κ3) is 3.73. The highest BCUT2D eigenvalue weighted by Gasteiger charge is 2.11. The second-order valence-corrected chi connectivity index (χ2v) is 6.20. The quantitative estimate of drug-likeness (QED) is 0.890. The van der Waals surface area contributed by atoms with Crippen LogP contribution in [0.25, 0.3) is 0 Å². The number of likely N-dealkylation sites (N-methyl/N-ethyl adjacent to an activating group) is 1. The summed E-state index contributed by atoms with van der Waals surface area (Å²) >= 11 is 1.99. The summed E-state index contributed by atoms with van der Waals surface area (Å²) in [6, 6.07) is 7.16. The molecule has 2 N–H and O–H groups in total. The van der Waals surface area contributed by atoms with Gasteiger partial charge in [-0.3, -0.25) is 0 Å². The zero-order valence-electron chi connectivity index (χ0n) is 10.8. The van der Waals surface area contributed by atoms with Gasteiger partial charge in [-0.15, -0.1) is 11.8 Å².